The number of aliphatic hydroxyl groups excluding tert-OH is 1. The molecule has 0 bridgehead atoms. The third-order valence-corrected chi connectivity index (χ3v) is 3.34. The van der Waals surface area contributed by atoms with Crippen LogP contribution in [-0.4, -0.2) is 52.3 Å². The Hall–Kier alpha value is -1.30. The molecule has 2 atom stereocenters. The Balaban J connectivity index is 2.60. The van der Waals surface area contributed by atoms with E-state index >= 15 is 0 Å². The second-order valence-electron chi connectivity index (χ2n) is 5.00. The van der Waals surface area contributed by atoms with Gasteiger partial charge in [-0.25, -0.2) is 9.59 Å². The molecular weight excluding hydrogens is 236 g/mol. The predicted molar refractivity (Wildman–Crippen MR) is 66.2 cm³/mol. The van der Waals surface area contributed by atoms with Gasteiger partial charge >= 0.3 is 12.0 Å². The first-order chi connectivity index (χ1) is 8.47. The number of urea groups is 1. The van der Waals surface area contributed by atoms with Crippen molar-refractivity contribution in [1.29, 1.82) is 0 Å². The number of carboxylic acid groups (broad SMARTS) is 1. The molecule has 1 aliphatic heterocycles. The van der Waals surface area contributed by atoms with Gasteiger partial charge in [0.05, 0.1) is 0 Å². The van der Waals surface area contributed by atoms with Gasteiger partial charge in [-0.05, 0) is 18.8 Å². The number of amides is 2. The van der Waals surface area contributed by atoms with Crippen LogP contribution in [0.15, 0.2) is 0 Å². The van der Waals surface area contributed by atoms with Crippen LogP contribution < -0.4 is 5.32 Å². The number of hydrogen-bond donors (Lipinski definition) is 3. The van der Waals surface area contributed by atoms with Gasteiger partial charge in [-0.1, -0.05) is 13.8 Å². The monoisotopic (exact) mass is 258 g/mol. The lowest BCUT2D eigenvalue weighted by Gasteiger charge is -2.29. The predicted octanol–water partition coefficient (Wildman–Crippen LogP) is 0.652. The van der Waals surface area contributed by atoms with E-state index in [4.69, 9.17) is 10.2 Å². The number of nitrogens with zero attached hydrogens (tertiary/aromatic N) is 1. The van der Waals surface area contributed by atoms with Crippen LogP contribution in [0.5, 0.6) is 0 Å². The second-order valence-corrected chi connectivity index (χ2v) is 5.00. The molecule has 0 aliphatic carbocycles. The fourth-order valence-electron chi connectivity index (χ4n) is 2.36. The van der Waals surface area contributed by atoms with Crippen molar-refractivity contribution >= 4 is 12.0 Å². The van der Waals surface area contributed by atoms with Crippen LogP contribution in [0.25, 0.3) is 0 Å². The number of aliphatic carboxylic acids is 1. The summed E-state index contributed by atoms with van der Waals surface area (Å²) in [5.41, 5.74) is 0. The molecule has 0 saturated carbocycles. The maximum Gasteiger partial charge on any atom is 0.326 e. The summed E-state index contributed by atoms with van der Waals surface area (Å²) >= 11 is 0. The fourth-order valence-corrected chi connectivity index (χ4v) is 2.36. The van der Waals surface area contributed by atoms with E-state index in [0.29, 0.717) is 12.5 Å². The maximum atomic E-state index is 12.0. The summed E-state index contributed by atoms with van der Waals surface area (Å²) in [6.45, 7) is 4.52. The molecular formula is C12H22N2O4. The highest BCUT2D eigenvalue weighted by Gasteiger charge is 2.32. The van der Waals surface area contributed by atoms with E-state index in [1.807, 2.05) is 0 Å². The number of likely N-dealkylation sites (tertiary alicyclic amines) is 1. The first-order valence-electron chi connectivity index (χ1n) is 6.38. The topological polar surface area (TPSA) is 89.9 Å². The lowest BCUT2D eigenvalue weighted by Crippen LogP contribution is -2.50. The maximum absolute atomic E-state index is 12.0. The summed E-state index contributed by atoms with van der Waals surface area (Å²) in [6, 6.07) is -1.18. The molecule has 2 unspecified atom stereocenters. The number of rotatable bonds is 5. The highest BCUT2D eigenvalue weighted by atomic mass is 16.4. The van der Waals surface area contributed by atoms with Gasteiger partial charge in [-0.15, -0.1) is 0 Å². The summed E-state index contributed by atoms with van der Waals surface area (Å²) in [6.07, 6.45) is 1.94. The number of aliphatic hydroxyl groups is 1. The molecule has 0 aromatic carbocycles. The molecule has 0 spiro atoms. The Kier molecular flexibility index (Phi) is 5.40. The normalized spacial score (nSPS) is 21.1. The molecule has 1 heterocycles. The molecule has 104 valence electrons. The van der Waals surface area contributed by atoms with Crippen molar-refractivity contribution in [2.75, 3.05) is 13.2 Å². The van der Waals surface area contributed by atoms with Crippen LogP contribution in [0.3, 0.4) is 0 Å². The van der Waals surface area contributed by atoms with Gasteiger partial charge in [0.25, 0.3) is 0 Å². The van der Waals surface area contributed by atoms with Crippen LogP contribution in [0.2, 0.25) is 0 Å². The average Bonchev–Trinajstić information content (AvgIpc) is 2.77. The highest BCUT2D eigenvalue weighted by molar-refractivity contribution is 5.82. The quantitative estimate of drug-likeness (QED) is 0.675. The van der Waals surface area contributed by atoms with Gasteiger partial charge in [-0.2, -0.15) is 0 Å². The Morgan fingerprint density at radius 3 is 2.61 bits per heavy atom. The minimum Gasteiger partial charge on any atom is -0.480 e. The van der Waals surface area contributed by atoms with E-state index in [2.05, 4.69) is 19.2 Å². The van der Waals surface area contributed by atoms with Gasteiger partial charge in [-0.3, -0.25) is 0 Å². The van der Waals surface area contributed by atoms with Gasteiger partial charge in [0.2, 0.25) is 0 Å². The second kappa shape index (κ2) is 6.58. The van der Waals surface area contributed by atoms with Crippen molar-refractivity contribution in [3.63, 3.8) is 0 Å². The van der Waals surface area contributed by atoms with Crippen LogP contribution >= 0.6 is 0 Å². The Morgan fingerprint density at radius 2 is 2.11 bits per heavy atom. The number of carbonyl (C=O) groups excluding carboxylic acids is 1. The van der Waals surface area contributed by atoms with Crippen molar-refractivity contribution in [1.82, 2.24) is 10.2 Å². The zero-order valence-corrected chi connectivity index (χ0v) is 10.9. The Bertz CT molecular complexity index is 306. The SMILES string of the molecule is CC(C)C1CCCN1C(=O)NC(CCO)C(=O)O. The lowest BCUT2D eigenvalue weighted by molar-refractivity contribution is -0.139. The van der Waals surface area contributed by atoms with E-state index in [0.717, 1.165) is 12.8 Å². The molecule has 1 rings (SSSR count). The number of carboxylic acids is 1. The Morgan fingerprint density at radius 1 is 1.44 bits per heavy atom. The van der Waals surface area contributed by atoms with Gasteiger partial charge < -0.3 is 20.4 Å². The molecule has 0 aromatic heterocycles. The number of nitrogens with one attached hydrogen (secondary N) is 1. The van der Waals surface area contributed by atoms with Crippen LogP contribution in [0.1, 0.15) is 33.1 Å². The van der Waals surface area contributed by atoms with Gasteiger partial charge in [0, 0.05) is 25.6 Å². The standard InChI is InChI=1S/C12H22N2O4/c1-8(2)10-4-3-6-14(10)12(18)13-9(5-7-15)11(16)17/h8-10,15H,3-7H2,1-2H3,(H,13,18)(H,16,17). The van der Waals surface area contributed by atoms with E-state index < -0.39 is 12.0 Å². The first-order valence-corrected chi connectivity index (χ1v) is 6.38. The van der Waals surface area contributed by atoms with Crippen LogP contribution in [0, 0.1) is 5.92 Å². The van der Waals surface area contributed by atoms with Crippen LogP contribution in [0.4, 0.5) is 4.79 Å². The van der Waals surface area contributed by atoms with Crippen molar-refractivity contribution < 1.29 is 19.8 Å². The van der Waals surface area contributed by atoms with Gasteiger partial charge in [0.15, 0.2) is 0 Å². The molecule has 3 N–H and O–H groups in total. The zero-order valence-electron chi connectivity index (χ0n) is 10.9. The van der Waals surface area contributed by atoms with E-state index in [-0.39, 0.29) is 25.1 Å². The Labute approximate surface area is 107 Å². The van der Waals surface area contributed by atoms with Crippen molar-refractivity contribution in [2.45, 2.75) is 45.2 Å². The third kappa shape index (κ3) is 3.60. The summed E-state index contributed by atoms with van der Waals surface area (Å²) in [5.74, 6) is -0.753. The summed E-state index contributed by atoms with van der Waals surface area (Å²) in [7, 11) is 0. The summed E-state index contributed by atoms with van der Waals surface area (Å²) in [5, 5.41) is 20.2. The fraction of sp³-hybridized carbons (Fsp3) is 0.833. The smallest absolute Gasteiger partial charge is 0.326 e. The number of carbonyl (C=O) groups is 2. The minimum absolute atomic E-state index is 0.0290. The van der Waals surface area contributed by atoms with Crippen molar-refractivity contribution in [3.05, 3.63) is 0 Å². The molecule has 1 aliphatic rings. The average molecular weight is 258 g/mol. The first kappa shape index (κ1) is 14.8. The zero-order chi connectivity index (χ0) is 13.7. The third-order valence-electron chi connectivity index (χ3n) is 3.34. The van der Waals surface area contributed by atoms with Crippen molar-refractivity contribution in [2.24, 2.45) is 5.92 Å². The lowest BCUT2D eigenvalue weighted by atomic mass is 10.0. The molecule has 2 amide bonds. The molecule has 1 fully saturated rings. The highest BCUT2D eigenvalue weighted by Crippen LogP contribution is 2.23. The van der Waals surface area contributed by atoms with Gasteiger partial charge in [0.1, 0.15) is 6.04 Å². The van der Waals surface area contributed by atoms with E-state index in [1.54, 1.807) is 4.90 Å². The summed E-state index contributed by atoms with van der Waals surface area (Å²) < 4.78 is 0. The number of hydrogen-bond acceptors (Lipinski definition) is 3. The molecule has 18 heavy (non-hydrogen) atoms. The minimum atomic E-state index is -1.11. The molecule has 0 radical (unpaired) electrons. The summed E-state index contributed by atoms with van der Waals surface area (Å²) in [4.78, 5) is 24.6. The largest absolute Gasteiger partial charge is 0.480 e. The van der Waals surface area contributed by atoms with Crippen LogP contribution in [-0.2, 0) is 4.79 Å². The molecule has 6 nitrogen and oxygen atoms in total. The molecule has 6 heteroatoms. The van der Waals surface area contributed by atoms with Crippen molar-refractivity contribution in [3.8, 4) is 0 Å². The molecule has 0 aromatic rings. The van der Waals surface area contributed by atoms with E-state index in [1.165, 1.54) is 0 Å². The molecule has 1 saturated heterocycles. The van der Waals surface area contributed by atoms with E-state index in [9.17, 15) is 9.59 Å².